The van der Waals surface area contributed by atoms with Crippen molar-refractivity contribution in [3.63, 3.8) is 0 Å². The summed E-state index contributed by atoms with van der Waals surface area (Å²) in [5.74, 6) is 0.430. The van der Waals surface area contributed by atoms with E-state index < -0.39 is 0 Å². The summed E-state index contributed by atoms with van der Waals surface area (Å²) in [7, 11) is 0. The molecule has 1 nitrogen and oxygen atoms in total. The van der Waals surface area contributed by atoms with E-state index in [-0.39, 0.29) is 5.25 Å². The van der Waals surface area contributed by atoms with Crippen LogP contribution in [0.1, 0.15) is 38.5 Å². The lowest BCUT2D eigenvalue weighted by Crippen LogP contribution is -2.17. The Kier molecular flexibility index (Phi) is 5.53. The van der Waals surface area contributed by atoms with Crippen LogP contribution in [0.2, 0.25) is 0 Å². The third-order valence-electron chi connectivity index (χ3n) is 3.18. The number of hydrogen-bond donors (Lipinski definition) is 0. The quantitative estimate of drug-likeness (QED) is 0.721. The Hall–Kier alpha value is -1.02. The summed E-state index contributed by atoms with van der Waals surface area (Å²) in [6, 6.07) is 10.3. The lowest BCUT2D eigenvalue weighted by Gasteiger charge is -2.16. The molecule has 1 aliphatic carbocycles. The third-order valence-corrected chi connectivity index (χ3v) is 4.51. The Morgan fingerprint density at radius 2 is 1.72 bits per heavy atom. The van der Waals surface area contributed by atoms with Gasteiger partial charge < -0.3 is 0 Å². The monoisotopic (exact) mass is 260 g/mol. The highest BCUT2D eigenvalue weighted by atomic mass is 32.2. The van der Waals surface area contributed by atoms with Gasteiger partial charge in [0.2, 0.25) is 0 Å². The van der Waals surface area contributed by atoms with Gasteiger partial charge in [-0.05, 0) is 44.2 Å². The number of benzene rings is 1. The molecule has 0 unspecified atom stereocenters. The maximum absolute atomic E-state index is 12.2. The van der Waals surface area contributed by atoms with E-state index >= 15 is 0 Å². The summed E-state index contributed by atoms with van der Waals surface area (Å²) < 4.78 is 0. The molecule has 1 aromatic carbocycles. The van der Waals surface area contributed by atoms with Gasteiger partial charge in [-0.2, -0.15) is 0 Å². The molecule has 0 bridgehead atoms. The second kappa shape index (κ2) is 7.42. The molecule has 1 aliphatic rings. The number of allylic oxidation sites excluding steroid dienone is 2. The molecule has 0 amide bonds. The largest absolute Gasteiger partial charge is 0.298 e. The average Bonchev–Trinajstić information content (AvgIpc) is 2.41. The summed E-state index contributed by atoms with van der Waals surface area (Å²) in [5.41, 5.74) is 0. The number of carbonyl (C=O) groups is 1. The van der Waals surface area contributed by atoms with E-state index in [0.29, 0.717) is 5.78 Å². The standard InChI is InChI=1S/C16H20OS/c17-15-12-8-3-1-2-4-9-13-16(15)18-14-10-6-5-7-11-14/h1-2,5-7,10-11,16H,3-4,8-9,12-13H2/t16-/m0/s1. The molecule has 2 rings (SSSR count). The van der Waals surface area contributed by atoms with Crippen molar-refractivity contribution in [3.05, 3.63) is 42.5 Å². The van der Waals surface area contributed by atoms with Crippen LogP contribution in [0, 0.1) is 0 Å². The van der Waals surface area contributed by atoms with Crippen LogP contribution in [0.5, 0.6) is 0 Å². The molecule has 2 heteroatoms. The zero-order chi connectivity index (χ0) is 12.6. The summed E-state index contributed by atoms with van der Waals surface area (Å²) in [6.07, 6.45) is 10.5. The molecule has 0 fully saturated rings. The van der Waals surface area contributed by atoms with E-state index in [1.54, 1.807) is 11.8 Å². The first kappa shape index (κ1) is 13.4. The van der Waals surface area contributed by atoms with Crippen molar-refractivity contribution in [1.29, 1.82) is 0 Å². The fourth-order valence-electron chi connectivity index (χ4n) is 2.16. The SMILES string of the molecule is O=C1CCCC=CCCC[C@@H]1Sc1ccccc1. The Labute approximate surface area is 114 Å². The van der Waals surface area contributed by atoms with Gasteiger partial charge in [0.15, 0.2) is 0 Å². The van der Waals surface area contributed by atoms with Crippen molar-refractivity contribution < 1.29 is 4.79 Å². The molecule has 96 valence electrons. The molecule has 0 N–H and O–H groups in total. The van der Waals surface area contributed by atoms with Gasteiger partial charge in [-0.1, -0.05) is 30.4 Å². The topological polar surface area (TPSA) is 17.1 Å². The van der Waals surface area contributed by atoms with Crippen molar-refractivity contribution in [2.24, 2.45) is 0 Å². The molecule has 1 aromatic rings. The first-order valence-corrected chi connectivity index (χ1v) is 7.63. The van der Waals surface area contributed by atoms with Crippen LogP contribution in [-0.4, -0.2) is 11.0 Å². The van der Waals surface area contributed by atoms with Crippen molar-refractivity contribution in [1.82, 2.24) is 0 Å². The Morgan fingerprint density at radius 3 is 2.50 bits per heavy atom. The lowest BCUT2D eigenvalue weighted by molar-refractivity contribution is -0.118. The molecular formula is C16H20OS. The van der Waals surface area contributed by atoms with Crippen LogP contribution in [0.4, 0.5) is 0 Å². The molecule has 0 saturated heterocycles. The van der Waals surface area contributed by atoms with E-state index in [9.17, 15) is 4.79 Å². The summed E-state index contributed by atoms with van der Waals surface area (Å²) in [4.78, 5) is 13.4. The van der Waals surface area contributed by atoms with Gasteiger partial charge in [0, 0.05) is 11.3 Å². The van der Waals surface area contributed by atoms with E-state index in [1.165, 1.54) is 4.90 Å². The fraction of sp³-hybridized carbons (Fsp3) is 0.438. The van der Waals surface area contributed by atoms with Crippen LogP contribution in [0.15, 0.2) is 47.4 Å². The van der Waals surface area contributed by atoms with Gasteiger partial charge in [0.1, 0.15) is 5.78 Å². The van der Waals surface area contributed by atoms with Gasteiger partial charge in [-0.25, -0.2) is 0 Å². The molecular weight excluding hydrogens is 240 g/mol. The summed E-state index contributed by atoms with van der Waals surface area (Å²) in [5, 5.41) is 0.152. The smallest absolute Gasteiger partial charge is 0.146 e. The van der Waals surface area contributed by atoms with Crippen LogP contribution >= 0.6 is 11.8 Å². The highest BCUT2D eigenvalue weighted by molar-refractivity contribution is 8.00. The molecule has 0 spiro atoms. The Morgan fingerprint density at radius 1 is 1.00 bits per heavy atom. The van der Waals surface area contributed by atoms with Crippen LogP contribution in [-0.2, 0) is 4.79 Å². The number of carbonyl (C=O) groups excluding carboxylic acids is 1. The average molecular weight is 260 g/mol. The van der Waals surface area contributed by atoms with Gasteiger partial charge in [0.25, 0.3) is 0 Å². The normalized spacial score (nSPS) is 21.8. The number of Topliss-reactive ketones (excluding diaryl/α,β-unsaturated/α-hetero) is 1. The molecule has 0 aromatic heterocycles. The van der Waals surface area contributed by atoms with Gasteiger partial charge >= 0.3 is 0 Å². The molecule has 1 atom stereocenters. The van der Waals surface area contributed by atoms with Gasteiger partial charge in [-0.15, -0.1) is 11.8 Å². The maximum Gasteiger partial charge on any atom is 0.146 e. The predicted octanol–water partition coefficient (Wildman–Crippen LogP) is 4.63. The summed E-state index contributed by atoms with van der Waals surface area (Å²) >= 11 is 1.74. The third kappa shape index (κ3) is 4.34. The second-order valence-electron chi connectivity index (χ2n) is 4.68. The summed E-state index contributed by atoms with van der Waals surface area (Å²) in [6.45, 7) is 0. The molecule has 0 saturated carbocycles. The zero-order valence-corrected chi connectivity index (χ0v) is 11.5. The second-order valence-corrected chi connectivity index (χ2v) is 5.96. The highest BCUT2D eigenvalue weighted by Crippen LogP contribution is 2.28. The zero-order valence-electron chi connectivity index (χ0n) is 10.7. The van der Waals surface area contributed by atoms with Gasteiger partial charge in [0.05, 0.1) is 5.25 Å². The van der Waals surface area contributed by atoms with E-state index in [4.69, 9.17) is 0 Å². The van der Waals surface area contributed by atoms with Crippen molar-refractivity contribution in [3.8, 4) is 0 Å². The number of rotatable bonds is 2. The molecule has 0 heterocycles. The number of ketones is 1. The number of thioether (sulfide) groups is 1. The Balaban J connectivity index is 1.99. The van der Waals surface area contributed by atoms with Crippen molar-refractivity contribution >= 4 is 17.5 Å². The van der Waals surface area contributed by atoms with Crippen LogP contribution < -0.4 is 0 Å². The first-order chi connectivity index (χ1) is 8.86. The minimum absolute atomic E-state index is 0.152. The minimum Gasteiger partial charge on any atom is -0.298 e. The van der Waals surface area contributed by atoms with Crippen molar-refractivity contribution in [2.45, 2.75) is 48.7 Å². The maximum atomic E-state index is 12.2. The minimum atomic E-state index is 0.152. The van der Waals surface area contributed by atoms with Crippen LogP contribution in [0.25, 0.3) is 0 Å². The fourth-order valence-corrected chi connectivity index (χ4v) is 3.34. The Bertz CT molecular complexity index is 397. The van der Waals surface area contributed by atoms with Crippen molar-refractivity contribution in [2.75, 3.05) is 0 Å². The van der Waals surface area contributed by atoms with Gasteiger partial charge in [-0.3, -0.25) is 4.79 Å². The highest BCUT2D eigenvalue weighted by Gasteiger charge is 2.19. The van der Waals surface area contributed by atoms with E-state index in [2.05, 4.69) is 24.3 Å². The van der Waals surface area contributed by atoms with Crippen LogP contribution in [0.3, 0.4) is 0 Å². The molecule has 0 aliphatic heterocycles. The first-order valence-electron chi connectivity index (χ1n) is 6.75. The van der Waals surface area contributed by atoms with E-state index in [0.717, 1.165) is 38.5 Å². The predicted molar refractivity (Wildman–Crippen MR) is 77.9 cm³/mol. The molecule has 18 heavy (non-hydrogen) atoms. The molecule has 0 radical (unpaired) electrons. The lowest BCUT2D eigenvalue weighted by atomic mass is 10.0. The number of hydrogen-bond acceptors (Lipinski definition) is 2. The van der Waals surface area contributed by atoms with E-state index in [1.807, 2.05) is 18.2 Å².